The summed E-state index contributed by atoms with van der Waals surface area (Å²) in [6.45, 7) is 2.08. The normalized spacial score (nSPS) is 9.50. The molecule has 0 amide bonds. The lowest BCUT2D eigenvalue weighted by atomic mass is 10.1. The van der Waals surface area contributed by atoms with Crippen molar-refractivity contribution in [2.45, 2.75) is 39.0 Å². The first kappa shape index (κ1) is 16.4. The highest BCUT2D eigenvalue weighted by molar-refractivity contribution is 6.17. The molecule has 0 heterocycles. The second kappa shape index (κ2) is 9.39. The Balaban J connectivity index is 4.50. The number of ketones is 1. The molecule has 0 saturated heterocycles. The molecule has 0 aromatic heterocycles. The Bertz CT molecular complexity index is 312. The van der Waals surface area contributed by atoms with Crippen molar-refractivity contribution in [1.29, 1.82) is 0 Å². The van der Waals surface area contributed by atoms with Crippen LogP contribution < -0.4 is 0 Å². The average molecular weight is 256 g/mol. The fourth-order valence-electron chi connectivity index (χ4n) is 1.38. The van der Waals surface area contributed by atoms with Crippen LogP contribution >= 0.6 is 0 Å². The van der Waals surface area contributed by atoms with Crippen molar-refractivity contribution in [2.75, 3.05) is 14.2 Å². The molecule has 0 aliphatic rings. The number of carbonyl (C=O) groups excluding carboxylic acids is 3. The molecule has 0 spiro atoms. The van der Waals surface area contributed by atoms with Crippen LogP contribution in [0.3, 0.4) is 0 Å². The van der Waals surface area contributed by atoms with E-state index in [0.717, 1.165) is 46.0 Å². The van der Waals surface area contributed by atoms with E-state index >= 15 is 0 Å². The number of esters is 2. The zero-order valence-electron chi connectivity index (χ0n) is 11.2. The van der Waals surface area contributed by atoms with Crippen molar-refractivity contribution in [1.82, 2.24) is 0 Å². The molecule has 0 aromatic carbocycles. The Labute approximate surface area is 107 Å². The molecule has 0 aromatic rings. The predicted molar refractivity (Wildman–Crippen MR) is 65.9 cm³/mol. The van der Waals surface area contributed by atoms with E-state index in [0.29, 0.717) is 6.42 Å². The molecule has 18 heavy (non-hydrogen) atoms. The lowest BCUT2D eigenvalue weighted by Gasteiger charge is -2.03. The van der Waals surface area contributed by atoms with Gasteiger partial charge >= 0.3 is 11.9 Å². The van der Waals surface area contributed by atoms with Gasteiger partial charge in [0, 0.05) is 12.5 Å². The van der Waals surface area contributed by atoms with Gasteiger partial charge in [0.25, 0.3) is 0 Å². The molecule has 0 saturated carbocycles. The minimum Gasteiger partial charge on any atom is -0.465 e. The second-order valence-corrected chi connectivity index (χ2v) is 3.82. The van der Waals surface area contributed by atoms with Crippen molar-refractivity contribution >= 4 is 17.7 Å². The maximum Gasteiger partial charge on any atom is 0.345 e. The highest BCUT2D eigenvalue weighted by Crippen LogP contribution is 2.06. The maximum atomic E-state index is 11.6. The smallest absolute Gasteiger partial charge is 0.345 e. The quantitative estimate of drug-likeness (QED) is 0.218. The molecule has 0 atom stereocenters. The molecule has 0 bridgehead atoms. The summed E-state index contributed by atoms with van der Waals surface area (Å²) in [5, 5.41) is 0. The summed E-state index contributed by atoms with van der Waals surface area (Å²) in [7, 11) is 2.29. The van der Waals surface area contributed by atoms with Crippen LogP contribution in [0.1, 0.15) is 39.0 Å². The predicted octanol–water partition coefficient (Wildman–Crippen LogP) is 1.80. The van der Waals surface area contributed by atoms with Crippen LogP contribution in [0.5, 0.6) is 0 Å². The summed E-state index contributed by atoms with van der Waals surface area (Å²) >= 11 is 0. The van der Waals surface area contributed by atoms with Gasteiger partial charge in [-0.25, -0.2) is 9.59 Å². The lowest BCUT2D eigenvalue weighted by Crippen LogP contribution is -2.17. The van der Waals surface area contributed by atoms with Crippen LogP contribution in [0.2, 0.25) is 0 Å². The molecule has 0 aliphatic carbocycles. The van der Waals surface area contributed by atoms with Crippen molar-refractivity contribution in [3.8, 4) is 0 Å². The highest BCUT2D eigenvalue weighted by atomic mass is 16.5. The SMILES string of the molecule is CCCCCCC(=O)C=C(C(=O)OC)C(=O)OC. The third-order valence-electron chi connectivity index (χ3n) is 2.39. The topological polar surface area (TPSA) is 69.7 Å². The Morgan fingerprint density at radius 2 is 1.50 bits per heavy atom. The van der Waals surface area contributed by atoms with Crippen molar-refractivity contribution in [3.63, 3.8) is 0 Å². The first-order valence-corrected chi connectivity index (χ1v) is 5.98. The molecule has 0 aliphatic heterocycles. The van der Waals surface area contributed by atoms with E-state index in [1.54, 1.807) is 0 Å². The van der Waals surface area contributed by atoms with Gasteiger partial charge in [-0.05, 0) is 6.42 Å². The standard InChI is InChI=1S/C13H20O5/c1-4-5-6-7-8-10(14)9-11(12(15)17-2)13(16)18-3/h9H,4-8H2,1-3H3. The van der Waals surface area contributed by atoms with Gasteiger partial charge in [-0.1, -0.05) is 26.2 Å². The van der Waals surface area contributed by atoms with Crippen LogP contribution in [0, 0.1) is 0 Å². The zero-order chi connectivity index (χ0) is 14.0. The molecule has 5 heteroatoms. The third kappa shape index (κ3) is 6.18. The van der Waals surface area contributed by atoms with Gasteiger partial charge in [-0.2, -0.15) is 0 Å². The van der Waals surface area contributed by atoms with E-state index in [1.807, 2.05) is 0 Å². The second-order valence-electron chi connectivity index (χ2n) is 3.82. The van der Waals surface area contributed by atoms with E-state index in [1.165, 1.54) is 0 Å². The van der Waals surface area contributed by atoms with Gasteiger partial charge in [0.2, 0.25) is 0 Å². The number of unbranched alkanes of at least 4 members (excludes halogenated alkanes) is 3. The van der Waals surface area contributed by atoms with E-state index in [4.69, 9.17) is 0 Å². The molecule has 0 rings (SSSR count). The lowest BCUT2D eigenvalue weighted by molar-refractivity contribution is -0.144. The van der Waals surface area contributed by atoms with Gasteiger partial charge in [0.1, 0.15) is 5.57 Å². The largest absolute Gasteiger partial charge is 0.465 e. The Morgan fingerprint density at radius 3 is 1.94 bits per heavy atom. The maximum absolute atomic E-state index is 11.6. The molecule has 0 unspecified atom stereocenters. The van der Waals surface area contributed by atoms with E-state index in [-0.39, 0.29) is 11.4 Å². The average Bonchev–Trinajstić information content (AvgIpc) is 2.39. The van der Waals surface area contributed by atoms with Crippen LogP contribution in [-0.4, -0.2) is 31.9 Å². The van der Waals surface area contributed by atoms with Crippen LogP contribution in [0.15, 0.2) is 11.6 Å². The molecule has 0 fully saturated rings. The monoisotopic (exact) mass is 256 g/mol. The third-order valence-corrected chi connectivity index (χ3v) is 2.39. The fraction of sp³-hybridized carbons (Fsp3) is 0.615. The van der Waals surface area contributed by atoms with Gasteiger partial charge in [0.15, 0.2) is 5.78 Å². The van der Waals surface area contributed by atoms with Crippen LogP contribution in [-0.2, 0) is 23.9 Å². The van der Waals surface area contributed by atoms with Crippen LogP contribution in [0.4, 0.5) is 0 Å². The summed E-state index contributed by atoms with van der Waals surface area (Å²) < 4.78 is 8.84. The van der Waals surface area contributed by atoms with Gasteiger partial charge in [-0.3, -0.25) is 4.79 Å². The number of rotatable bonds is 8. The summed E-state index contributed by atoms with van der Waals surface area (Å²) in [6.07, 6.45) is 5.18. The molecule has 5 nitrogen and oxygen atoms in total. The first-order valence-electron chi connectivity index (χ1n) is 5.98. The van der Waals surface area contributed by atoms with Crippen molar-refractivity contribution in [3.05, 3.63) is 11.6 Å². The van der Waals surface area contributed by atoms with Gasteiger partial charge in [0.05, 0.1) is 14.2 Å². The Morgan fingerprint density at radius 1 is 0.944 bits per heavy atom. The minimum atomic E-state index is -0.858. The summed E-state index contributed by atoms with van der Waals surface area (Å²) in [4.78, 5) is 34.1. The van der Waals surface area contributed by atoms with Gasteiger partial charge in [-0.15, -0.1) is 0 Å². The number of ether oxygens (including phenoxy) is 2. The molecule has 0 radical (unpaired) electrons. The molecule has 0 N–H and O–H groups in total. The van der Waals surface area contributed by atoms with Gasteiger partial charge < -0.3 is 9.47 Å². The highest BCUT2D eigenvalue weighted by Gasteiger charge is 2.20. The Hall–Kier alpha value is -1.65. The fourth-order valence-corrected chi connectivity index (χ4v) is 1.38. The summed E-state index contributed by atoms with van der Waals surface area (Å²) in [6, 6.07) is 0. The van der Waals surface area contributed by atoms with E-state index < -0.39 is 11.9 Å². The number of methoxy groups -OCH3 is 2. The van der Waals surface area contributed by atoms with E-state index in [9.17, 15) is 14.4 Å². The number of carbonyl (C=O) groups is 3. The number of allylic oxidation sites excluding steroid dienone is 1. The molecular weight excluding hydrogens is 236 g/mol. The Kier molecular flexibility index (Phi) is 8.53. The minimum absolute atomic E-state index is 0.267. The van der Waals surface area contributed by atoms with Crippen molar-refractivity contribution < 1.29 is 23.9 Å². The first-order chi connectivity index (χ1) is 8.56. The van der Waals surface area contributed by atoms with Crippen molar-refractivity contribution in [2.24, 2.45) is 0 Å². The molecular formula is C13H20O5. The van der Waals surface area contributed by atoms with Crippen LogP contribution in [0.25, 0.3) is 0 Å². The zero-order valence-corrected chi connectivity index (χ0v) is 11.2. The molecule has 102 valence electrons. The number of hydrogen-bond acceptors (Lipinski definition) is 5. The van der Waals surface area contributed by atoms with E-state index in [2.05, 4.69) is 16.4 Å². The summed E-state index contributed by atoms with van der Waals surface area (Å²) in [5.74, 6) is -1.98. The summed E-state index contributed by atoms with van der Waals surface area (Å²) in [5.41, 5.74) is -0.361. The number of hydrogen-bond donors (Lipinski definition) is 0.